The van der Waals surface area contributed by atoms with E-state index in [2.05, 4.69) is 21.2 Å². The molecule has 0 saturated heterocycles. The molecule has 1 saturated carbocycles. The maximum absolute atomic E-state index is 10.7. The van der Waals surface area contributed by atoms with E-state index in [4.69, 9.17) is 0 Å². The highest BCUT2D eigenvalue weighted by Crippen LogP contribution is 2.29. The van der Waals surface area contributed by atoms with Crippen molar-refractivity contribution >= 4 is 27.3 Å². The molecule has 0 heterocycles. The van der Waals surface area contributed by atoms with E-state index in [1.807, 2.05) is 0 Å². The van der Waals surface area contributed by atoms with E-state index in [0.29, 0.717) is 6.04 Å². The van der Waals surface area contributed by atoms with Gasteiger partial charge in [0, 0.05) is 28.3 Å². The third kappa shape index (κ3) is 4.20. The van der Waals surface area contributed by atoms with Crippen molar-refractivity contribution in [2.45, 2.75) is 51.0 Å². The number of nitro benzene ring substituents is 1. The molecule has 1 aromatic rings. The van der Waals surface area contributed by atoms with Crippen molar-refractivity contribution in [1.82, 2.24) is 0 Å². The van der Waals surface area contributed by atoms with Gasteiger partial charge in [-0.15, -0.1) is 0 Å². The summed E-state index contributed by atoms with van der Waals surface area (Å²) < 4.78 is 0.767. The van der Waals surface area contributed by atoms with Crippen LogP contribution in [0, 0.1) is 10.1 Å². The predicted octanol–water partition coefficient (Wildman–Crippen LogP) is 4.88. The third-order valence-electron chi connectivity index (χ3n) is 3.63. The average molecular weight is 327 g/mol. The maximum atomic E-state index is 10.7. The minimum atomic E-state index is -0.371. The van der Waals surface area contributed by atoms with Gasteiger partial charge in [0.25, 0.3) is 5.69 Å². The summed E-state index contributed by atoms with van der Waals surface area (Å²) >= 11 is 3.41. The van der Waals surface area contributed by atoms with Crippen molar-refractivity contribution in [2.24, 2.45) is 0 Å². The Labute approximate surface area is 121 Å². The number of anilines is 1. The van der Waals surface area contributed by atoms with Crippen molar-refractivity contribution in [1.29, 1.82) is 0 Å². The molecule has 104 valence electrons. The minimum absolute atomic E-state index is 0.120. The van der Waals surface area contributed by atoms with Gasteiger partial charge in [-0.2, -0.15) is 0 Å². The van der Waals surface area contributed by atoms with Crippen LogP contribution in [0.5, 0.6) is 0 Å². The molecule has 1 aromatic carbocycles. The van der Waals surface area contributed by atoms with Crippen LogP contribution in [0.4, 0.5) is 11.4 Å². The molecule has 0 aliphatic heterocycles. The number of hydrogen-bond donors (Lipinski definition) is 1. The smallest absolute Gasteiger partial charge is 0.270 e. The first-order chi connectivity index (χ1) is 9.16. The molecule has 0 unspecified atom stereocenters. The van der Waals surface area contributed by atoms with Crippen LogP contribution >= 0.6 is 15.9 Å². The fourth-order valence-electron chi connectivity index (χ4n) is 2.56. The first-order valence-electron chi connectivity index (χ1n) is 6.87. The second-order valence-electron chi connectivity index (χ2n) is 5.11. The summed E-state index contributed by atoms with van der Waals surface area (Å²) in [7, 11) is 0. The molecule has 0 amide bonds. The van der Waals surface area contributed by atoms with Crippen molar-refractivity contribution < 1.29 is 4.92 Å². The lowest BCUT2D eigenvalue weighted by molar-refractivity contribution is -0.384. The molecule has 19 heavy (non-hydrogen) atoms. The van der Waals surface area contributed by atoms with Gasteiger partial charge < -0.3 is 5.32 Å². The topological polar surface area (TPSA) is 55.2 Å². The van der Waals surface area contributed by atoms with Crippen LogP contribution in [0.3, 0.4) is 0 Å². The number of rotatable bonds is 3. The Kier molecular flexibility index (Phi) is 5.19. The van der Waals surface area contributed by atoms with Gasteiger partial charge in [-0.05, 0) is 34.8 Å². The Hall–Kier alpha value is -1.10. The molecule has 1 aliphatic carbocycles. The summed E-state index contributed by atoms with van der Waals surface area (Å²) in [5.41, 5.74) is 1.08. The fraction of sp³-hybridized carbons (Fsp3) is 0.571. The van der Waals surface area contributed by atoms with Crippen LogP contribution in [-0.4, -0.2) is 11.0 Å². The molecule has 0 spiro atoms. The van der Waals surface area contributed by atoms with E-state index in [1.165, 1.54) is 44.9 Å². The van der Waals surface area contributed by atoms with Gasteiger partial charge in [0.2, 0.25) is 0 Å². The highest BCUT2D eigenvalue weighted by atomic mass is 79.9. The maximum Gasteiger partial charge on any atom is 0.270 e. The number of halogens is 1. The zero-order chi connectivity index (χ0) is 13.7. The molecule has 0 radical (unpaired) electrons. The quantitative estimate of drug-likeness (QED) is 0.636. The Balaban J connectivity index is 2.03. The van der Waals surface area contributed by atoms with Gasteiger partial charge in [-0.1, -0.05) is 32.1 Å². The first kappa shape index (κ1) is 14.3. The van der Waals surface area contributed by atoms with E-state index in [-0.39, 0.29) is 10.6 Å². The van der Waals surface area contributed by atoms with E-state index in [1.54, 1.807) is 18.2 Å². The van der Waals surface area contributed by atoms with Gasteiger partial charge in [0.15, 0.2) is 0 Å². The normalized spacial score (nSPS) is 17.5. The highest BCUT2D eigenvalue weighted by Gasteiger charge is 2.14. The molecule has 0 atom stereocenters. The number of benzene rings is 1. The second-order valence-corrected chi connectivity index (χ2v) is 5.96. The largest absolute Gasteiger partial charge is 0.381 e. The van der Waals surface area contributed by atoms with Crippen LogP contribution in [0.25, 0.3) is 0 Å². The van der Waals surface area contributed by atoms with E-state index < -0.39 is 0 Å². The minimum Gasteiger partial charge on any atom is -0.381 e. The zero-order valence-electron chi connectivity index (χ0n) is 10.9. The molecule has 2 rings (SSSR count). The first-order valence-corrected chi connectivity index (χ1v) is 7.66. The Morgan fingerprint density at radius 1 is 1.16 bits per heavy atom. The fourth-order valence-corrected chi connectivity index (χ4v) is 3.04. The van der Waals surface area contributed by atoms with Crippen molar-refractivity contribution in [2.75, 3.05) is 5.32 Å². The Bertz CT molecular complexity index is 443. The number of nitro groups is 1. The molecule has 5 heteroatoms. The number of hydrogen-bond acceptors (Lipinski definition) is 3. The van der Waals surface area contributed by atoms with Gasteiger partial charge in [0.1, 0.15) is 0 Å². The van der Waals surface area contributed by atoms with E-state index in [0.717, 1.165) is 10.2 Å². The van der Waals surface area contributed by atoms with Gasteiger partial charge in [0.05, 0.1) is 4.92 Å². The Morgan fingerprint density at radius 2 is 1.79 bits per heavy atom. The standard InChI is InChI=1S/C14H19BrN2O2/c15-13-10-12(17(18)19)8-9-14(13)16-11-6-4-2-1-3-5-7-11/h8-11,16H,1-7H2. The molecule has 0 bridgehead atoms. The Morgan fingerprint density at radius 3 is 2.37 bits per heavy atom. The van der Waals surface area contributed by atoms with Crippen LogP contribution in [-0.2, 0) is 0 Å². The predicted molar refractivity (Wildman–Crippen MR) is 80.5 cm³/mol. The average Bonchev–Trinajstić information content (AvgIpc) is 2.34. The lowest BCUT2D eigenvalue weighted by Crippen LogP contribution is -2.20. The monoisotopic (exact) mass is 326 g/mol. The summed E-state index contributed by atoms with van der Waals surface area (Å²) in [4.78, 5) is 10.3. The van der Waals surface area contributed by atoms with Crippen LogP contribution < -0.4 is 5.32 Å². The summed E-state index contributed by atoms with van der Waals surface area (Å²) in [6.07, 6.45) is 8.89. The molecular weight excluding hydrogens is 308 g/mol. The number of nitrogens with one attached hydrogen (secondary N) is 1. The number of non-ortho nitro benzene ring substituents is 1. The molecular formula is C14H19BrN2O2. The summed E-state index contributed by atoms with van der Waals surface area (Å²) in [6, 6.07) is 5.39. The molecule has 1 N–H and O–H groups in total. The molecule has 1 aliphatic rings. The van der Waals surface area contributed by atoms with Gasteiger partial charge in [-0.25, -0.2) is 0 Å². The molecule has 1 fully saturated rings. The molecule has 4 nitrogen and oxygen atoms in total. The van der Waals surface area contributed by atoms with Crippen molar-refractivity contribution in [3.8, 4) is 0 Å². The summed E-state index contributed by atoms with van der Waals surface area (Å²) in [5.74, 6) is 0. The lowest BCUT2D eigenvalue weighted by Gasteiger charge is -2.22. The summed E-state index contributed by atoms with van der Waals surface area (Å²) in [6.45, 7) is 0. The molecule has 0 aromatic heterocycles. The van der Waals surface area contributed by atoms with Crippen LogP contribution in [0.2, 0.25) is 0 Å². The SMILES string of the molecule is O=[N+]([O-])c1ccc(NC2CCCCCCC2)c(Br)c1. The third-order valence-corrected chi connectivity index (χ3v) is 4.28. The zero-order valence-corrected chi connectivity index (χ0v) is 12.5. The van der Waals surface area contributed by atoms with Crippen molar-refractivity contribution in [3.63, 3.8) is 0 Å². The summed E-state index contributed by atoms with van der Waals surface area (Å²) in [5, 5.41) is 14.2. The van der Waals surface area contributed by atoms with E-state index in [9.17, 15) is 10.1 Å². The van der Waals surface area contributed by atoms with Crippen molar-refractivity contribution in [3.05, 3.63) is 32.8 Å². The second kappa shape index (κ2) is 6.89. The van der Waals surface area contributed by atoms with Gasteiger partial charge >= 0.3 is 0 Å². The van der Waals surface area contributed by atoms with Crippen LogP contribution in [0.1, 0.15) is 44.9 Å². The van der Waals surface area contributed by atoms with Gasteiger partial charge in [-0.3, -0.25) is 10.1 Å². The highest BCUT2D eigenvalue weighted by molar-refractivity contribution is 9.10. The van der Waals surface area contributed by atoms with E-state index >= 15 is 0 Å². The lowest BCUT2D eigenvalue weighted by atomic mass is 9.96. The number of nitrogens with zero attached hydrogens (tertiary/aromatic N) is 1. The van der Waals surface area contributed by atoms with Crippen LogP contribution in [0.15, 0.2) is 22.7 Å².